The lowest BCUT2D eigenvalue weighted by Crippen LogP contribution is -2.52. The van der Waals surface area contributed by atoms with E-state index >= 15 is 0 Å². The Balaban J connectivity index is 4.13. The predicted octanol–water partition coefficient (Wildman–Crippen LogP) is 0.420. The largest absolute Gasteiger partial charge is 0.383 e. The van der Waals surface area contributed by atoms with Gasteiger partial charge in [-0.05, 0) is 26.7 Å². The molecule has 0 aliphatic carbocycles. The highest BCUT2D eigenvalue weighted by Crippen LogP contribution is 1.97. The van der Waals surface area contributed by atoms with E-state index in [1.165, 1.54) is 0 Å². The highest BCUT2D eigenvalue weighted by atomic mass is 16.5. The van der Waals surface area contributed by atoms with Crippen LogP contribution >= 0.6 is 0 Å². The lowest BCUT2D eigenvalue weighted by molar-refractivity contribution is -0.125. The average molecular weight is 287 g/mol. The Hall–Kier alpha value is -1.14. The minimum atomic E-state index is -0.422. The first-order valence-corrected chi connectivity index (χ1v) is 7.29. The Labute approximate surface area is 122 Å². The lowest BCUT2D eigenvalue weighted by atomic mass is 10.1. The summed E-state index contributed by atoms with van der Waals surface area (Å²) in [5.74, 6) is -0.209. The third-order valence-corrected chi connectivity index (χ3v) is 3.22. The summed E-state index contributed by atoms with van der Waals surface area (Å²) in [7, 11) is 1.58. The standard InChI is InChI=1S/C14H29N3O3/c1-6-12(7-2)17-14(19)11(4)16-10(3)13(18)15-8-9-20-5/h10-12,16H,6-9H2,1-5H3,(H,15,18)(H,17,19). The maximum Gasteiger partial charge on any atom is 0.237 e. The van der Waals surface area contributed by atoms with Gasteiger partial charge in [0, 0.05) is 19.7 Å². The van der Waals surface area contributed by atoms with Crippen LogP contribution in [0, 0.1) is 0 Å². The van der Waals surface area contributed by atoms with Gasteiger partial charge in [-0.15, -0.1) is 0 Å². The van der Waals surface area contributed by atoms with Crippen LogP contribution in [0.25, 0.3) is 0 Å². The number of hydrogen-bond donors (Lipinski definition) is 3. The zero-order valence-corrected chi connectivity index (χ0v) is 13.3. The van der Waals surface area contributed by atoms with Gasteiger partial charge in [0.2, 0.25) is 11.8 Å². The molecule has 6 nitrogen and oxygen atoms in total. The molecule has 6 heteroatoms. The van der Waals surface area contributed by atoms with Crippen molar-refractivity contribution >= 4 is 11.8 Å². The van der Waals surface area contributed by atoms with E-state index in [0.717, 1.165) is 12.8 Å². The van der Waals surface area contributed by atoms with Crippen LogP contribution in [0.1, 0.15) is 40.5 Å². The lowest BCUT2D eigenvalue weighted by Gasteiger charge is -2.22. The summed E-state index contributed by atoms with van der Waals surface area (Å²) in [6.07, 6.45) is 1.81. The molecule has 2 atom stereocenters. The van der Waals surface area contributed by atoms with Crippen molar-refractivity contribution in [3.8, 4) is 0 Å². The third-order valence-electron chi connectivity index (χ3n) is 3.22. The third kappa shape index (κ3) is 7.45. The fourth-order valence-corrected chi connectivity index (χ4v) is 1.77. The molecule has 0 fully saturated rings. The summed E-state index contributed by atoms with van der Waals surface area (Å²) >= 11 is 0. The number of carbonyl (C=O) groups is 2. The van der Waals surface area contributed by atoms with Gasteiger partial charge in [0.05, 0.1) is 18.7 Å². The van der Waals surface area contributed by atoms with Crippen LogP contribution < -0.4 is 16.0 Å². The quantitative estimate of drug-likeness (QED) is 0.509. The van der Waals surface area contributed by atoms with Crippen LogP contribution in [0.2, 0.25) is 0 Å². The molecule has 0 heterocycles. The van der Waals surface area contributed by atoms with E-state index in [1.54, 1.807) is 21.0 Å². The van der Waals surface area contributed by atoms with Crippen LogP contribution in [0.4, 0.5) is 0 Å². The zero-order valence-electron chi connectivity index (χ0n) is 13.3. The molecule has 0 aromatic heterocycles. The summed E-state index contributed by atoms with van der Waals surface area (Å²) in [5.41, 5.74) is 0. The van der Waals surface area contributed by atoms with Gasteiger partial charge in [-0.1, -0.05) is 13.8 Å². The summed E-state index contributed by atoms with van der Waals surface area (Å²) in [4.78, 5) is 23.7. The molecule has 0 saturated heterocycles. The summed E-state index contributed by atoms with van der Waals surface area (Å²) in [6, 6.07) is -0.634. The molecule has 0 rings (SSSR count). The van der Waals surface area contributed by atoms with E-state index in [1.807, 2.05) is 13.8 Å². The molecule has 0 aliphatic heterocycles. The molecule has 118 valence electrons. The van der Waals surface area contributed by atoms with Gasteiger partial charge >= 0.3 is 0 Å². The highest BCUT2D eigenvalue weighted by molar-refractivity contribution is 5.84. The van der Waals surface area contributed by atoms with Crippen LogP contribution in [0.15, 0.2) is 0 Å². The maximum atomic E-state index is 12.0. The first kappa shape index (κ1) is 18.9. The van der Waals surface area contributed by atoms with Gasteiger partial charge < -0.3 is 15.4 Å². The van der Waals surface area contributed by atoms with Crippen molar-refractivity contribution in [2.45, 2.75) is 58.7 Å². The van der Waals surface area contributed by atoms with Gasteiger partial charge in [0.1, 0.15) is 0 Å². The van der Waals surface area contributed by atoms with Crippen molar-refractivity contribution in [1.29, 1.82) is 0 Å². The first-order valence-electron chi connectivity index (χ1n) is 7.29. The van der Waals surface area contributed by atoms with E-state index in [2.05, 4.69) is 16.0 Å². The molecule has 20 heavy (non-hydrogen) atoms. The van der Waals surface area contributed by atoms with Crippen molar-refractivity contribution in [2.24, 2.45) is 0 Å². The fourth-order valence-electron chi connectivity index (χ4n) is 1.77. The van der Waals surface area contributed by atoms with Gasteiger partial charge in [0.15, 0.2) is 0 Å². The molecule has 0 aromatic rings. The van der Waals surface area contributed by atoms with Crippen molar-refractivity contribution < 1.29 is 14.3 Å². The summed E-state index contributed by atoms with van der Waals surface area (Å²) in [5, 5.41) is 8.69. The number of ether oxygens (including phenoxy) is 1. The molecule has 0 aromatic carbocycles. The SMILES string of the molecule is CCC(CC)NC(=O)C(C)NC(C)C(=O)NCCOC. The second-order valence-electron chi connectivity index (χ2n) is 4.92. The van der Waals surface area contributed by atoms with Crippen molar-refractivity contribution in [2.75, 3.05) is 20.3 Å². The number of hydrogen-bond acceptors (Lipinski definition) is 4. The molecule has 2 unspecified atom stereocenters. The molecule has 0 bridgehead atoms. The van der Waals surface area contributed by atoms with Gasteiger partial charge in [-0.25, -0.2) is 0 Å². The number of rotatable bonds is 10. The Kier molecular flexibility index (Phi) is 10.0. The van der Waals surface area contributed by atoms with Crippen molar-refractivity contribution in [3.63, 3.8) is 0 Å². The second-order valence-corrected chi connectivity index (χ2v) is 4.92. The van der Waals surface area contributed by atoms with Crippen LogP contribution in [0.5, 0.6) is 0 Å². The molecular formula is C14H29N3O3. The predicted molar refractivity (Wildman–Crippen MR) is 79.5 cm³/mol. The van der Waals surface area contributed by atoms with Crippen LogP contribution in [-0.4, -0.2) is 50.2 Å². The average Bonchev–Trinajstić information content (AvgIpc) is 2.44. The van der Waals surface area contributed by atoms with Crippen LogP contribution in [-0.2, 0) is 14.3 Å². The molecule has 0 saturated carbocycles. The van der Waals surface area contributed by atoms with E-state index in [9.17, 15) is 9.59 Å². The topological polar surface area (TPSA) is 79.5 Å². The van der Waals surface area contributed by atoms with Crippen LogP contribution in [0.3, 0.4) is 0 Å². The second kappa shape index (κ2) is 10.6. The summed E-state index contributed by atoms with van der Waals surface area (Å²) < 4.78 is 4.86. The maximum absolute atomic E-state index is 12.0. The summed E-state index contributed by atoms with van der Waals surface area (Å²) in [6.45, 7) is 8.52. The molecular weight excluding hydrogens is 258 g/mol. The van der Waals surface area contributed by atoms with Gasteiger partial charge in [-0.2, -0.15) is 0 Å². The first-order chi connectivity index (χ1) is 9.46. The van der Waals surface area contributed by atoms with E-state index in [4.69, 9.17) is 4.74 Å². The molecule has 0 aliphatic rings. The molecule has 0 radical (unpaired) electrons. The number of nitrogens with one attached hydrogen (secondary N) is 3. The number of amides is 2. The molecule has 3 N–H and O–H groups in total. The Morgan fingerprint density at radius 3 is 2.10 bits per heavy atom. The normalized spacial score (nSPS) is 13.9. The van der Waals surface area contributed by atoms with Crippen molar-refractivity contribution in [3.05, 3.63) is 0 Å². The van der Waals surface area contributed by atoms with Gasteiger partial charge in [-0.3, -0.25) is 14.9 Å². The Bertz CT molecular complexity index is 293. The van der Waals surface area contributed by atoms with E-state index in [-0.39, 0.29) is 17.9 Å². The fraction of sp³-hybridized carbons (Fsp3) is 0.857. The number of methoxy groups -OCH3 is 1. The van der Waals surface area contributed by atoms with Gasteiger partial charge in [0.25, 0.3) is 0 Å². The smallest absolute Gasteiger partial charge is 0.237 e. The minimum absolute atomic E-state index is 0.0739. The Morgan fingerprint density at radius 2 is 1.60 bits per heavy atom. The Morgan fingerprint density at radius 1 is 1.05 bits per heavy atom. The molecule has 2 amide bonds. The van der Waals surface area contributed by atoms with Crippen molar-refractivity contribution in [1.82, 2.24) is 16.0 Å². The molecule has 0 spiro atoms. The monoisotopic (exact) mass is 287 g/mol. The minimum Gasteiger partial charge on any atom is -0.383 e. The number of carbonyl (C=O) groups excluding carboxylic acids is 2. The van der Waals surface area contributed by atoms with E-state index in [0.29, 0.717) is 13.2 Å². The zero-order chi connectivity index (χ0) is 15.5. The van der Waals surface area contributed by atoms with E-state index < -0.39 is 12.1 Å². The highest BCUT2D eigenvalue weighted by Gasteiger charge is 2.20.